The lowest BCUT2D eigenvalue weighted by molar-refractivity contribution is 0.0993. The molecule has 0 aliphatic carbocycles. The van der Waals surface area contributed by atoms with E-state index in [1.165, 1.54) is 11.8 Å². The highest BCUT2D eigenvalue weighted by Gasteiger charge is 2.20. The minimum Gasteiger partial charge on any atom is -0.484 e. The van der Waals surface area contributed by atoms with Crippen molar-refractivity contribution in [2.24, 2.45) is 0 Å². The molecule has 0 bridgehead atoms. The van der Waals surface area contributed by atoms with Gasteiger partial charge in [0.2, 0.25) is 0 Å². The highest BCUT2D eigenvalue weighted by atomic mass is 79.9. The third-order valence-electron chi connectivity index (χ3n) is 3.40. The molecule has 0 N–H and O–H groups in total. The number of thioether (sulfide) groups is 1. The van der Waals surface area contributed by atoms with Crippen LogP contribution in [0.5, 0.6) is 5.75 Å². The van der Waals surface area contributed by atoms with Gasteiger partial charge in [-0.1, -0.05) is 51.4 Å². The third kappa shape index (κ3) is 5.09. The first-order chi connectivity index (χ1) is 12.5. The van der Waals surface area contributed by atoms with Gasteiger partial charge in [-0.3, -0.25) is 4.79 Å². The molecule has 1 unspecified atom stereocenters. The Morgan fingerprint density at radius 1 is 1.19 bits per heavy atom. The largest absolute Gasteiger partial charge is 0.484 e. The van der Waals surface area contributed by atoms with E-state index in [0.717, 1.165) is 4.47 Å². The Bertz CT molecular complexity index is 884. The average molecular weight is 454 g/mol. The molecule has 0 saturated heterocycles. The van der Waals surface area contributed by atoms with Crippen molar-refractivity contribution < 1.29 is 13.9 Å². The molecule has 0 radical (unpaired) electrons. The number of nitrogens with zero attached hydrogens (tertiary/aromatic N) is 2. The van der Waals surface area contributed by atoms with Gasteiger partial charge in [-0.25, -0.2) is 0 Å². The number of ether oxygens (including phenoxy) is 1. The number of halogens is 2. The molecule has 26 heavy (non-hydrogen) atoms. The summed E-state index contributed by atoms with van der Waals surface area (Å²) in [7, 11) is 0. The molecule has 0 aliphatic heterocycles. The molecule has 1 aromatic heterocycles. The SMILES string of the molecule is CC(Sc1nnc(COc2ccc(Cl)cc2)o1)C(=O)c1ccc(Br)cc1. The maximum Gasteiger partial charge on any atom is 0.277 e. The number of Topliss-reactive ketones (excluding diaryl/α,β-unsaturated/α-hetero) is 1. The summed E-state index contributed by atoms with van der Waals surface area (Å²) in [6.45, 7) is 1.95. The quantitative estimate of drug-likeness (QED) is 0.351. The molecule has 3 rings (SSSR count). The number of ketones is 1. The van der Waals surface area contributed by atoms with E-state index in [4.69, 9.17) is 20.8 Å². The normalized spacial score (nSPS) is 12.0. The van der Waals surface area contributed by atoms with E-state index in [0.29, 0.717) is 27.4 Å². The van der Waals surface area contributed by atoms with Gasteiger partial charge in [-0.15, -0.1) is 10.2 Å². The van der Waals surface area contributed by atoms with Crippen molar-refractivity contribution in [3.8, 4) is 5.75 Å². The second-order valence-corrected chi connectivity index (χ2v) is 7.98. The summed E-state index contributed by atoms with van der Waals surface area (Å²) in [6.07, 6.45) is 0. The summed E-state index contributed by atoms with van der Waals surface area (Å²) >= 11 is 10.4. The minimum absolute atomic E-state index is 0.000311. The Labute approximate surface area is 168 Å². The van der Waals surface area contributed by atoms with Crippen LogP contribution in [0.15, 0.2) is 62.6 Å². The average Bonchev–Trinajstić information content (AvgIpc) is 3.08. The van der Waals surface area contributed by atoms with Crippen LogP contribution in [0, 0.1) is 0 Å². The van der Waals surface area contributed by atoms with Crippen molar-refractivity contribution in [1.82, 2.24) is 10.2 Å². The van der Waals surface area contributed by atoms with Crippen LogP contribution in [-0.4, -0.2) is 21.2 Å². The van der Waals surface area contributed by atoms with Gasteiger partial charge in [0.15, 0.2) is 12.4 Å². The predicted octanol–water partition coefficient (Wildman–Crippen LogP) is 5.43. The first-order valence-corrected chi connectivity index (χ1v) is 9.73. The molecule has 0 saturated carbocycles. The van der Waals surface area contributed by atoms with Crippen molar-refractivity contribution in [2.45, 2.75) is 24.0 Å². The molecule has 0 fully saturated rings. The van der Waals surface area contributed by atoms with Gasteiger partial charge in [0, 0.05) is 15.1 Å². The topological polar surface area (TPSA) is 65.2 Å². The molecule has 2 aromatic carbocycles. The molecule has 8 heteroatoms. The Hall–Kier alpha value is -1.83. The van der Waals surface area contributed by atoms with Gasteiger partial charge in [0.25, 0.3) is 11.1 Å². The van der Waals surface area contributed by atoms with Crippen LogP contribution in [0.2, 0.25) is 5.02 Å². The Kier molecular flexibility index (Phi) is 6.34. The van der Waals surface area contributed by atoms with Crippen LogP contribution in [-0.2, 0) is 6.61 Å². The van der Waals surface area contributed by atoms with E-state index in [2.05, 4.69) is 26.1 Å². The zero-order valence-corrected chi connectivity index (χ0v) is 16.8. The number of rotatable bonds is 7. The van der Waals surface area contributed by atoms with Crippen LogP contribution in [0.1, 0.15) is 23.2 Å². The number of carbonyl (C=O) groups excluding carboxylic acids is 1. The summed E-state index contributed by atoms with van der Waals surface area (Å²) < 4.78 is 12.0. The van der Waals surface area contributed by atoms with Crippen LogP contribution >= 0.6 is 39.3 Å². The van der Waals surface area contributed by atoms with Gasteiger partial charge in [-0.05, 0) is 43.3 Å². The lowest BCUT2D eigenvalue weighted by Gasteiger charge is -2.07. The van der Waals surface area contributed by atoms with Gasteiger partial charge >= 0.3 is 0 Å². The highest BCUT2D eigenvalue weighted by molar-refractivity contribution is 9.10. The molecule has 5 nitrogen and oxygen atoms in total. The summed E-state index contributed by atoms with van der Waals surface area (Å²) in [4.78, 5) is 12.4. The van der Waals surface area contributed by atoms with Crippen LogP contribution in [0.25, 0.3) is 0 Å². The standard InChI is InChI=1S/C18H14BrClN2O3S/c1-11(17(23)12-2-4-13(19)5-3-12)26-18-22-21-16(25-18)10-24-15-8-6-14(20)7-9-15/h2-9,11H,10H2,1H3. The highest BCUT2D eigenvalue weighted by Crippen LogP contribution is 2.25. The van der Waals surface area contributed by atoms with Crippen molar-refractivity contribution >= 4 is 45.1 Å². The number of hydrogen-bond donors (Lipinski definition) is 0. The predicted molar refractivity (Wildman–Crippen MR) is 104 cm³/mol. The molecule has 0 amide bonds. The second kappa shape index (κ2) is 8.70. The van der Waals surface area contributed by atoms with E-state index in [-0.39, 0.29) is 17.6 Å². The smallest absolute Gasteiger partial charge is 0.277 e. The van der Waals surface area contributed by atoms with E-state index in [1.54, 1.807) is 36.4 Å². The first-order valence-electron chi connectivity index (χ1n) is 7.68. The fraction of sp³-hybridized carbons (Fsp3) is 0.167. The molecular weight excluding hydrogens is 440 g/mol. The molecule has 134 valence electrons. The van der Waals surface area contributed by atoms with E-state index in [1.807, 2.05) is 19.1 Å². The number of hydrogen-bond acceptors (Lipinski definition) is 6. The van der Waals surface area contributed by atoms with Crippen LogP contribution in [0.3, 0.4) is 0 Å². The van der Waals surface area contributed by atoms with Crippen molar-refractivity contribution in [3.05, 3.63) is 69.5 Å². The zero-order chi connectivity index (χ0) is 18.5. The summed E-state index contributed by atoms with van der Waals surface area (Å²) in [5.74, 6) is 0.992. The van der Waals surface area contributed by atoms with E-state index < -0.39 is 0 Å². The number of aromatic nitrogens is 2. The minimum atomic E-state index is -0.346. The fourth-order valence-electron chi connectivity index (χ4n) is 2.07. The Morgan fingerprint density at radius 2 is 1.88 bits per heavy atom. The van der Waals surface area contributed by atoms with Crippen molar-refractivity contribution in [2.75, 3.05) is 0 Å². The van der Waals surface area contributed by atoms with Gasteiger partial charge < -0.3 is 9.15 Å². The monoisotopic (exact) mass is 452 g/mol. The molecular formula is C18H14BrClN2O3S. The van der Waals surface area contributed by atoms with Gasteiger partial charge in [0.1, 0.15) is 5.75 Å². The molecule has 0 spiro atoms. The maximum atomic E-state index is 12.4. The Balaban J connectivity index is 1.56. The molecule has 1 heterocycles. The van der Waals surface area contributed by atoms with Crippen molar-refractivity contribution in [3.63, 3.8) is 0 Å². The van der Waals surface area contributed by atoms with Crippen molar-refractivity contribution in [1.29, 1.82) is 0 Å². The molecule has 3 aromatic rings. The van der Waals surface area contributed by atoms with Gasteiger partial charge in [-0.2, -0.15) is 0 Å². The lowest BCUT2D eigenvalue weighted by Crippen LogP contribution is -2.13. The summed E-state index contributed by atoms with van der Waals surface area (Å²) in [6, 6.07) is 14.2. The summed E-state index contributed by atoms with van der Waals surface area (Å²) in [5.41, 5.74) is 0.638. The fourth-order valence-corrected chi connectivity index (χ4v) is 3.24. The number of carbonyl (C=O) groups is 1. The van der Waals surface area contributed by atoms with Gasteiger partial charge in [0.05, 0.1) is 5.25 Å². The van der Waals surface area contributed by atoms with Crippen LogP contribution < -0.4 is 4.74 Å². The molecule has 0 aliphatic rings. The van der Waals surface area contributed by atoms with Crippen LogP contribution in [0.4, 0.5) is 0 Å². The lowest BCUT2D eigenvalue weighted by atomic mass is 10.1. The van der Waals surface area contributed by atoms with E-state index >= 15 is 0 Å². The Morgan fingerprint density at radius 3 is 2.58 bits per heavy atom. The zero-order valence-electron chi connectivity index (χ0n) is 13.7. The first kappa shape index (κ1) is 18.9. The third-order valence-corrected chi connectivity index (χ3v) is 5.11. The molecule has 1 atom stereocenters. The van der Waals surface area contributed by atoms with E-state index in [9.17, 15) is 4.79 Å². The number of benzene rings is 2. The second-order valence-electron chi connectivity index (χ2n) is 5.34. The summed E-state index contributed by atoms with van der Waals surface area (Å²) in [5, 5.41) is 8.52. The maximum absolute atomic E-state index is 12.4.